The van der Waals surface area contributed by atoms with Gasteiger partial charge in [0.2, 0.25) is 0 Å². The molecule has 0 radical (unpaired) electrons. The molecular formula is C18H34O2. The van der Waals surface area contributed by atoms with Gasteiger partial charge in [0.1, 0.15) is 0 Å². The second kappa shape index (κ2) is 16.3. The summed E-state index contributed by atoms with van der Waals surface area (Å²) in [6.45, 7) is 4.32. The van der Waals surface area contributed by atoms with Gasteiger partial charge in [-0.3, -0.25) is 4.79 Å². The van der Waals surface area contributed by atoms with Crippen LogP contribution in [0, 0.1) is 0 Å². The lowest BCUT2D eigenvalue weighted by molar-refractivity contribution is -0.141. The van der Waals surface area contributed by atoms with Crippen LogP contribution < -0.4 is 0 Å². The number of hydrogen-bond acceptors (Lipinski definition) is 2. The van der Waals surface area contributed by atoms with Crippen LogP contribution in [0.5, 0.6) is 0 Å². The number of ether oxygens (including phenoxy) is 1. The Labute approximate surface area is 126 Å². The lowest BCUT2D eigenvalue weighted by Gasteiger charge is -2.02. The fourth-order valence-corrected chi connectivity index (χ4v) is 2.21. The Morgan fingerprint density at radius 3 is 1.85 bits per heavy atom. The summed E-state index contributed by atoms with van der Waals surface area (Å²) >= 11 is 0. The van der Waals surface area contributed by atoms with Crippen molar-refractivity contribution in [3.63, 3.8) is 0 Å². The summed E-state index contributed by atoms with van der Waals surface area (Å²) in [7, 11) is 0. The molecule has 0 rings (SSSR count). The largest absolute Gasteiger partial charge is 0.466 e. The van der Waals surface area contributed by atoms with Crippen LogP contribution in [0.2, 0.25) is 0 Å². The van der Waals surface area contributed by atoms with Gasteiger partial charge < -0.3 is 4.74 Å². The van der Waals surface area contributed by atoms with Crippen molar-refractivity contribution in [1.82, 2.24) is 0 Å². The quantitative estimate of drug-likeness (QED) is 0.228. The second-order valence-corrected chi connectivity index (χ2v) is 5.57. The zero-order valence-electron chi connectivity index (χ0n) is 13.7. The topological polar surface area (TPSA) is 26.3 Å². The summed E-state index contributed by atoms with van der Waals surface area (Å²) in [6.07, 6.45) is 20.1. The van der Waals surface area contributed by atoms with Gasteiger partial charge in [0.05, 0.1) is 6.61 Å². The molecule has 20 heavy (non-hydrogen) atoms. The Bertz CT molecular complexity index is 234. The molecule has 0 N–H and O–H groups in total. The van der Waals surface area contributed by atoms with E-state index in [1.54, 1.807) is 0 Å². The van der Waals surface area contributed by atoms with Gasteiger partial charge in [-0.1, -0.05) is 64.0 Å². The first-order chi connectivity index (χ1) is 9.77. The van der Waals surface area contributed by atoms with E-state index in [1.807, 2.05) is 0 Å². The number of carbonyl (C=O) groups excluding carboxylic acids is 1. The number of unbranched alkanes of at least 4 members (excludes halogenated alkanes) is 10. The van der Waals surface area contributed by atoms with Crippen molar-refractivity contribution < 1.29 is 9.53 Å². The van der Waals surface area contributed by atoms with Crippen LogP contribution >= 0.6 is 0 Å². The monoisotopic (exact) mass is 282 g/mol. The van der Waals surface area contributed by atoms with E-state index in [-0.39, 0.29) is 5.97 Å². The van der Waals surface area contributed by atoms with E-state index in [1.165, 1.54) is 77.6 Å². The molecule has 2 nitrogen and oxygen atoms in total. The third-order valence-corrected chi connectivity index (χ3v) is 3.46. The summed E-state index contributed by atoms with van der Waals surface area (Å²) in [5.74, 6) is -0.159. The lowest BCUT2D eigenvalue weighted by atomic mass is 10.1. The van der Waals surface area contributed by atoms with Crippen molar-refractivity contribution in [1.29, 1.82) is 0 Å². The number of rotatable bonds is 14. The maximum Gasteiger partial charge on any atom is 0.302 e. The van der Waals surface area contributed by atoms with E-state index in [0.717, 1.165) is 6.42 Å². The standard InChI is InChI=1S/C18H34O2/c1-3-4-5-6-7-8-9-10-11-12-13-14-15-16-17-20-18(2)19/h7-8H,3-6,9-17H2,1-2H3/b8-7-. The van der Waals surface area contributed by atoms with E-state index < -0.39 is 0 Å². The fraction of sp³-hybridized carbons (Fsp3) is 0.833. The van der Waals surface area contributed by atoms with Gasteiger partial charge in [-0.25, -0.2) is 0 Å². The minimum atomic E-state index is -0.159. The summed E-state index contributed by atoms with van der Waals surface area (Å²) in [4.78, 5) is 10.5. The highest BCUT2D eigenvalue weighted by molar-refractivity contribution is 5.65. The first-order valence-electron chi connectivity index (χ1n) is 8.55. The molecule has 0 aromatic heterocycles. The summed E-state index contributed by atoms with van der Waals surface area (Å²) in [5.41, 5.74) is 0. The average Bonchev–Trinajstić information content (AvgIpc) is 2.43. The summed E-state index contributed by atoms with van der Waals surface area (Å²) in [5, 5.41) is 0. The molecule has 118 valence electrons. The zero-order valence-corrected chi connectivity index (χ0v) is 13.7. The SMILES string of the molecule is CCCCC/C=C\CCCCCCCCCOC(C)=O. The van der Waals surface area contributed by atoms with E-state index in [9.17, 15) is 4.79 Å². The van der Waals surface area contributed by atoms with Crippen molar-refractivity contribution in [3.05, 3.63) is 12.2 Å². The van der Waals surface area contributed by atoms with Crippen molar-refractivity contribution in [2.24, 2.45) is 0 Å². The minimum Gasteiger partial charge on any atom is -0.466 e. The van der Waals surface area contributed by atoms with Gasteiger partial charge in [-0.15, -0.1) is 0 Å². The molecule has 0 aliphatic carbocycles. The van der Waals surface area contributed by atoms with Crippen molar-refractivity contribution in [2.75, 3.05) is 6.61 Å². The average molecular weight is 282 g/mol. The van der Waals surface area contributed by atoms with Gasteiger partial charge in [0.25, 0.3) is 0 Å². The Morgan fingerprint density at radius 1 is 0.800 bits per heavy atom. The fourth-order valence-electron chi connectivity index (χ4n) is 2.21. The van der Waals surface area contributed by atoms with Crippen molar-refractivity contribution in [2.45, 2.75) is 90.9 Å². The van der Waals surface area contributed by atoms with Gasteiger partial charge in [-0.05, 0) is 32.1 Å². The summed E-state index contributed by atoms with van der Waals surface area (Å²) in [6, 6.07) is 0. The Balaban J connectivity index is 3.04. The molecule has 0 amide bonds. The Kier molecular flexibility index (Phi) is 15.6. The molecule has 0 aromatic carbocycles. The number of esters is 1. The third-order valence-electron chi connectivity index (χ3n) is 3.46. The van der Waals surface area contributed by atoms with Gasteiger partial charge >= 0.3 is 5.97 Å². The molecule has 0 heterocycles. The van der Waals surface area contributed by atoms with Crippen LogP contribution in [0.25, 0.3) is 0 Å². The van der Waals surface area contributed by atoms with Crippen LogP contribution in [0.3, 0.4) is 0 Å². The zero-order chi connectivity index (χ0) is 14.9. The molecule has 2 heteroatoms. The maximum absolute atomic E-state index is 10.5. The van der Waals surface area contributed by atoms with Crippen molar-refractivity contribution in [3.8, 4) is 0 Å². The van der Waals surface area contributed by atoms with Gasteiger partial charge in [-0.2, -0.15) is 0 Å². The number of allylic oxidation sites excluding steroid dienone is 2. The van der Waals surface area contributed by atoms with E-state index in [4.69, 9.17) is 4.74 Å². The predicted molar refractivity (Wildman–Crippen MR) is 86.9 cm³/mol. The highest BCUT2D eigenvalue weighted by Gasteiger charge is 1.94. The third kappa shape index (κ3) is 17.2. The molecule has 0 unspecified atom stereocenters. The van der Waals surface area contributed by atoms with Crippen LogP contribution in [-0.2, 0) is 9.53 Å². The van der Waals surface area contributed by atoms with Gasteiger partial charge in [0.15, 0.2) is 0 Å². The first kappa shape index (κ1) is 19.2. The smallest absolute Gasteiger partial charge is 0.302 e. The maximum atomic E-state index is 10.5. The summed E-state index contributed by atoms with van der Waals surface area (Å²) < 4.78 is 4.90. The first-order valence-corrected chi connectivity index (χ1v) is 8.55. The molecule has 0 atom stereocenters. The normalized spacial score (nSPS) is 11.1. The van der Waals surface area contributed by atoms with E-state index >= 15 is 0 Å². The number of carbonyl (C=O) groups is 1. The highest BCUT2D eigenvalue weighted by Crippen LogP contribution is 2.09. The number of hydrogen-bond donors (Lipinski definition) is 0. The molecule has 0 bridgehead atoms. The van der Waals surface area contributed by atoms with Crippen LogP contribution in [0.1, 0.15) is 90.9 Å². The highest BCUT2D eigenvalue weighted by atomic mass is 16.5. The predicted octanol–water partition coefficient (Wildman–Crippen LogP) is 5.81. The lowest BCUT2D eigenvalue weighted by Crippen LogP contribution is -1.99. The Hall–Kier alpha value is -0.790. The molecule has 0 spiro atoms. The second-order valence-electron chi connectivity index (χ2n) is 5.57. The van der Waals surface area contributed by atoms with Crippen LogP contribution in [0.15, 0.2) is 12.2 Å². The molecule has 0 saturated heterocycles. The molecule has 0 fully saturated rings. The molecule has 0 aromatic rings. The van der Waals surface area contributed by atoms with Crippen LogP contribution in [0.4, 0.5) is 0 Å². The van der Waals surface area contributed by atoms with Crippen molar-refractivity contribution >= 4 is 5.97 Å². The molecule has 0 aliphatic rings. The van der Waals surface area contributed by atoms with Gasteiger partial charge in [0, 0.05) is 6.92 Å². The van der Waals surface area contributed by atoms with E-state index in [2.05, 4.69) is 19.1 Å². The molecular weight excluding hydrogens is 248 g/mol. The minimum absolute atomic E-state index is 0.159. The molecule has 0 aliphatic heterocycles. The Morgan fingerprint density at radius 2 is 1.30 bits per heavy atom. The molecule has 0 saturated carbocycles. The van der Waals surface area contributed by atoms with Crippen LogP contribution in [-0.4, -0.2) is 12.6 Å². The van der Waals surface area contributed by atoms with E-state index in [0.29, 0.717) is 6.61 Å².